The Labute approximate surface area is 463 Å². The summed E-state index contributed by atoms with van der Waals surface area (Å²) in [7, 11) is -4.77. The summed E-state index contributed by atoms with van der Waals surface area (Å²) in [5, 5.41) is 9.83. The molecule has 0 radical (unpaired) electrons. The SMILES string of the molecule is CC/C=C\C/C=C\C/C=C\C/C=C\CCCCCCC(=O)OC(CO)COP(=O)(O)OCC(COC(=O)CCCCCCC/C=C\C/C=C\CCC)OC(=O)CCCCCCCCCCC/C=C\C/C=C\CCCCC. The number of phosphoric ester groups is 1. The summed E-state index contributed by atoms with van der Waals surface area (Å²) in [6.07, 6.45) is 67.9. The summed E-state index contributed by atoms with van der Waals surface area (Å²) >= 11 is 0. The van der Waals surface area contributed by atoms with Crippen LogP contribution in [-0.4, -0.2) is 66.5 Å². The summed E-state index contributed by atoms with van der Waals surface area (Å²) in [5.41, 5.74) is 0. The standard InChI is InChI=1S/C64H109O11P/c1-4-7-10-13-16-19-22-25-27-29-30-32-34-37-40-43-46-49-52-55-64(68)75-61(57-71-62(66)53-50-47-44-41-38-35-24-21-18-15-12-9-6-3)59-73-76(69,70)72-58-60(56-65)74-63(67)54-51-48-45-42-39-36-33-31-28-26-23-20-17-14-11-8-5-2/h8,11-12,15-17,19-21,24-28,33,36,60-61,65H,4-7,9-10,13-14,18,22-23,29-32,34-35,37-59H2,1-3H3,(H,69,70)/b11-8-,15-12-,19-16-,20-17-,24-21-,27-25-,28-26-,36-33-. The van der Waals surface area contributed by atoms with E-state index in [2.05, 4.69) is 118 Å². The molecule has 0 bridgehead atoms. The summed E-state index contributed by atoms with van der Waals surface area (Å²) in [4.78, 5) is 48.6. The van der Waals surface area contributed by atoms with Gasteiger partial charge in [0.1, 0.15) is 12.7 Å². The molecular weight excluding hydrogens is 976 g/mol. The van der Waals surface area contributed by atoms with E-state index >= 15 is 0 Å². The van der Waals surface area contributed by atoms with Crippen molar-refractivity contribution in [3.63, 3.8) is 0 Å². The van der Waals surface area contributed by atoms with Gasteiger partial charge in [-0.25, -0.2) is 4.57 Å². The van der Waals surface area contributed by atoms with Crippen molar-refractivity contribution in [2.75, 3.05) is 26.4 Å². The number of aliphatic hydroxyl groups excluding tert-OH is 1. The van der Waals surface area contributed by atoms with Crippen LogP contribution < -0.4 is 0 Å². The minimum Gasteiger partial charge on any atom is -0.462 e. The summed E-state index contributed by atoms with van der Waals surface area (Å²) in [6.45, 7) is 4.40. The zero-order chi connectivity index (χ0) is 55.5. The van der Waals surface area contributed by atoms with Gasteiger partial charge in [0.15, 0.2) is 6.10 Å². The first kappa shape index (κ1) is 72.4. The zero-order valence-corrected chi connectivity index (χ0v) is 49.1. The molecule has 11 nitrogen and oxygen atoms in total. The highest BCUT2D eigenvalue weighted by molar-refractivity contribution is 7.47. The number of carbonyl (C=O) groups is 3. The first-order valence-corrected chi connectivity index (χ1v) is 31.6. The summed E-state index contributed by atoms with van der Waals surface area (Å²) in [6, 6.07) is 0. The van der Waals surface area contributed by atoms with E-state index in [4.69, 9.17) is 23.3 Å². The van der Waals surface area contributed by atoms with Crippen molar-refractivity contribution in [2.24, 2.45) is 0 Å². The molecule has 0 aromatic carbocycles. The molecule has 76 heavy (non-hydrogen) atoms. The molecule has 0 amide bonds. The lowest BCUT2D eigenvalue weighted by atomic mass is 10.1. The van der Waals surface area contributed by atoms with Crippen molar-refractivity contribution in [3.8, 4) is 0 Å². The summed E-state index contributed by atoms with van der Waals surface area (Å²) in [5.74, 6) is -1.51. The largest absolute Gasteiger partial charge is 0.472 e. The molecule has 0 rings (SSSR count). The van der Waals surface area contributed by atoms with Crippen LogP contribution in [0, 0.1) is 0 Å². The number of hydrogen-bond acceptors (Lipinski definition) is 10. The van der Waals surface area contributed by atoms with Gasteiger partial charge in [-0.2, -0.15) is 0 Å². The number of ether oxygens (including phenoxy) is 3. The molecule has 0 aliphatic carbocycles. The van der Waals surface area contributed by atoms with Gasteiger partial charge in [0, 0.05) is 19.3 Å². The molecule has 0 spiro atoms. The van der Waals surface area contributed by atoms with Crippen molar-refractivity contribution in [1.82, 2.24) is 0 Å². The minimum atomic E-state index is -4.77. The van der Waals surface area contributed by atoms with Gasteiger partial charge in [-0.15, -0.1) is 0 Å². The van der Waals surface area contributed by atoms with E-state index in [-0.39, 0.29) is 25.9 Å². The number of aliphatic hydroxyl groups is 1. The zero-order valence-electron chi connectivity index (χ0n) is 48.2. The number of allylic oxidation sites excluding steroid dienone is 16. The fraction of sp³-hybridized carbons (Fsp3) is 0.703. The Balaban J connectivity index is 4.74. The van der Waals surface area contributed by atoms with Crippen molar-refractivity contribution in [1.29, 1.82) is 0 Å². The van der Waals surface area contributed by atoms with Crippen LogP contribution >= 0.6 is 7.82 Å². The molecule has 3 unspecified atom stereocenters. The van der Waals surface area contributed by atoms with Gasteiger partial charge in [0.2, 0.25) is 0 Å². The van der Waals surface area contributed by atoms with Gasteiger partial charge in [-0.05, 0) is 116 Å². The average molecular weight is 1090 g/mol. The van der Waals surface area contributed by atoms with E-state index in [0.717, 1.165) is 128 Å². The predicted molar refractivity (Wildman–Crippen MR) is 316 cm³/mol. The fourth-order valence-electron chi connectivity index (χ4n) is 7.89. The number of unbranched alkanes of at least 4 members (excludes halogenated alkanes) is 22. The first-order valence-electron chi connectivity index (χ1n) is 30.1. The third-order valence-electron chi connectivity index (χ3n) is 12.4. The van der Waals surface area contributed by atoms with E-state index in [1.807, 2.05) is 0 Å². The molecule has 12 heteroatoms. The van der Waals surface area contributed by atoms with Crippen LogP contribution in [0.1, 0.15) is 252 Å². The van der Waals surface area contributed by atoms with Crippen LogP contribution in [0.2, 0.25) is 0 Å². The van der Waals surface area contributed by atoms with Crippen molar-refractivity contribution < 1.29 is 52.2 Å². The molecule has 0 saturated carbocycles. The first-order chi connectivity index (χ1) is 37.2. The molecule has 0 heterocycles. The van der Waals surface area contributed by atoms with Crippen LogP contribution in [0.15, 0.2) is 97.2 Å². The topological polar surface area (TPSA) is 155 Å². The van der Waals surface area contributed by atoms with Crippen LogP contribution in [-0.2, 0) is 42.2 Å². The predicted octanol–water partition coefficient (Wildman–Crippen LogP) is 18.0. The van der Waals surface area contributed by atoms with Gasteiger partial charge in [0.05, 0.1) is 19.8 Å². The lowest BCUT2D eigenvalue weighted by molar-refractivity contribution is -0.161. The monoisotopic (exact) mass is 1080 g/mol. The van der Waals surface area contributed by atoms with Gasteiger partial charge in [0.25, 0.3) is 0 Å². The Kier molecular flexibility index (Phi) is 54.8. The number of rotatable bonds is 55. The molecule has 0 saturated heterocycles. The maximum absolute atomic E-state index is 12.9. The molecule has 2 N–H and O–H groups in total. The van der Waals surface area contributed by atoms with Crippen LogP contribution in [0.3, 0.4) is 0 Å². The summed E-state index contributed by atoms with van der Waals surface area (Å²) < 4.78 is 39.6. The number of hydrogen-bond donors (Lipinski definition) is 2. The Bertz CT molecular complexity index is 1640. The maximum Gasteiger partial charge on any atom is 0.472 e. The van der Waals surface area contributed by atoms with Crippen LogP contribution in [0.4, 0.5) is 0 Å². The number of phosphoric acid groups is 1. The lowest BCUT2D eigenvalue weighted by Gasteiger charge is -2.21. The number of esters is 3. The lowest BCUT2D eigenvalue weighted by Crippen LogP contribution is -2.30. The van der Waals surface area contributed by atoms with E-state index < -0.39 is 57.8 Å². The van der Waals surface area contributed by atoms with Crippen LogP contribution in [0.25, 0.3) is 0 Å². The Morgan fingerprint density at radius 3 is 1.11 bits per heavy atom. The smallest absolute Gasteiger partial charge is 0.462 e. The average Bonchev–Trinajstić information content (AvgIpc) is 3.41. The normalized spacial score (nSPS) is 14.0. The molecule has 0 aromatic rings. The highest BCUT2D eigenvalue weighted by atomic mass is 31.2. The molecule has 3 atom stereocenters. The number of carbonyl (C=O) groups excluding carboxylic acids is 3. The quantitative estimate of drug-likeness (QED) is 0.0197. The third-order valence-corrected chi connectivity index (χ3v) is 13.4. The Morgan fingerprint density at radius 2 is 0.711 bits per heavy atom. The van der Waals surface area contributed by atoms with Gasteiger partial charge >= 0.3 is 25.7 Å². The van der Waals surface area contributed by atoms with Gasteiger partial charge in [-0.1, -0.05) is 214 Å². The molecular formula is C64H109O11P. The molecule has 0 aromatic heterocycles. The second-order valence-corrected chi connectivity index (χ2v) is 21.2. The molecule has 0 aliphatic heterocycles. The van der Waals surface area contributed by atoms with Gasteiger partial charge < -0.3 is 24.2 Å². The molecule has 436 valence electrons. The Morgan fingerprint density at radius 1 is 0.382 bits per heavy atom. The van der Waals surface area contributed by atoms with Gasteiger partial charge in [-0.3, -0.25) is 23.4 Å². The fourth-order valence-corrected chi connectivity index (χ4v) is 8.67. The van der Waals surface area contributed by atoms with E-state index in [9.17, 15) is 28.9 Å². The van der Waals surface area contributed by atoms with Crippen molar-refractivity contribution >= 4 is 25.7 Å². The van der Waals surface area contributed by atoms with Crippen molar-refractivity contribution in [3.05, 3.63) is 97.2 Å². The second kappa shape index (κ2) is 57.6. The van der Waals surface area contributed by atoms with Crippen molar-refractivity contribution in [2.45, 2.75) is 264 Å². The second-order valence-electron chi connectivity index (χ2n) is 19.8. The Hall–Kier alpha value is -3.60. The van der Waals surface area contributed by atoms with E-state index in [0.29, 0.717) is 19.3 Å². The highest BCUT2D eigenvalue weighted by Gasteiger charge is 2.28. The third kappa shape index (κ3) is 55.2. The van der Waals surface area contributed by atoms with E-state index in [1.54, 1.807) is 0 Å². The van der Waals surface area contributed by atoms with Crippen LogP contribution in [0.5, 0.6) is 0 Å². The van der Waals surface area contributed by atoms with E-state index in [1.165, 1.54) is 64.2 Å². The maximum atomic E-state index is 12.9. The highest BCUT2D eigenvalue weighted by Crippen LogP contribution is 2.43. The molecule has 0 aliphatic rings. The molecule has 0 fully saturated rings. The minimum absolute atomic E-state index is 0.144.